The van der Waals surface area contributed by atoms with Crippen molar-refractivity contribution < 1.29 is 52.7 Å². The van der Waals surface area contributed by atoms with Gasteiger partial charge in [-0.2, -0.15) is 52.7 Å². The van der Waals surface area contributed by atoms with Crippen molar-refractivity contribution in [3.63, 3.8) is 0 Å². The molecular formula is C32H26F12N4. The fourth-order valence-electron chi connectivity index (χ4n) is 6.43. The molecule has 0 saturated heterocycles. The molecule has 2 N–H and O–H groups in total. The van der Waals surface area contributed by atoms with Crippen LogP contribution in [-0.4, -0.2) is 32.3 Å². The first-order chi connectivity index (χ1) is 22.2. The van der Waals surface area contributed by atoms with Gasteiger partial charge in [-0.3, -0.25) is 0 Å². The molecule has 0 saturated carbocycles. The Bertz CT molecular complexity index is 1870. The molecule has 0 spiro atoms. The van der Waals surface area contributed by atoms with E-state index >= 15 is 0 Å². The molecule has 5 heterocycles. The number of aromatic amines is 2. The standard InChI is InChI=1S/C32H26F12N4/c1-5-13-17-9-10-18-14(6-2)23(31(39,40)41)27(47-18)28-24(32(42,43)44)16(8-4)20(48-28)12-11-19-15(7-3)22(30(36,37)38)26(46-19)25(45-17)21(13)29(33,34)35/h9-12,45,48H,5-8H2,1-4H3. The Hall–Kier alpha value is -4.24. The van der Waals surface area contributed by atoms with E-state index in [1.807, 2.05) is 0 Å². The summed E-state index contributed by atoms with van der Waals surface area (Å²) in [6, 6.07) is 3.66. The van der Waals surface area contributed by atoms with Gasteiger partial charge in [-0.1, -0.05) is 27.7 Å². The lowest BCUT2D eigenvalue weighted by Crippen LogP contribution is -2.13. The second-order valence-electron chi connectivity index (χ2n) is 11.0. The highest BCUT2D eigenvalue weighted by Crippen LogP contribution is 2.49. The van der Waals surface area contributed by atoms with Crippen molar-refractivity contribution in [2.45, 2.75) is 78.1 Å². The van der Waals surface area contributed by atoms with Gasteiger partial charge in [-0.05, 0) is 72.2 Å². The summed E-state index contributed by atoms with van der Waals surface area (Å²) >= 11 is 0. The summed E-state index contributed by atoms with van der Waals surface area (Å²) in [5, 5.41) is 0. The van der Waals surface area contributed by atoms with Crippen LogP contribution in [0.25, 0.3) is 44.4 Å². The molecule has 0 fully saturated rings. The largest absolute Gasteiger partial charge is 0.418 e. The van der Waals surface area contributed by atoms with Crippen LogP contribution >= 0.6 is 0 Å². The minimum atomic E-state index is -5.20. The highest BCUT2D eigenvalue weighted by atomic mass is 19.4. The number of aryl methyl sites for hydroxylation is 2. The molecular weight excluding hydrogens is 668 g/mol. The molecule has 0 radical (unpaired) electrons. The van der Waals surface area contributed by atoms with E-state index in [0.29, 0.717) is 0 Å². The van der Waals surface area contributed by atoms with Crippen LogP contribution in [0.15, 0.2) is 24.3 Å². The van der Waals surface area contributed by atoms with Gasteiger partial charge in [0.05, 0.1) is 44.7 Å². The Morgan fingerprint density at radius 3 is 1.06 bits per heavy atom. The monoisotopic (exact) mass is 694 g/mol. The molecule has 5 rings (SSSR count). The molecule has 3 aromatic rings. The number of aromatic nitrogens is 4. The van der Waals surface area contributed by atoms with Crippen molar-refractivity contribution in [3.8, 4) is 0 Å². The van der Waals surface area contributed by atoms with Crippen LogP contribution < -0.4 is 0 Å². The smallest absolute Gasteiger partial charge is 0.353 e. The molecule has 16 heteroatoms. The number of nitrogens with one attached hydrogen (secondary N) is 2. The van der Waals surface area contributed by atoms with Crippen molar-refractivity contribution in [1.29, 1.82) is 0 Å². The first kappa shape index (κ1) is 35.1. The van der Waals surface area contributed by atoms with Gasteiger partial charge < -0.3 is 9.97 Å². The van der Waals surface area contributed by atoms with Crippen LogP contribution in [0.3, 0.4) is 0 Å². The average Bonchev–Trinajstić information content (AvgIpc) is 3.71. The lowest BCUT2D eigenvalue weighted by Gasteiger charge is -2.13. The number of hydrogen-bond donors (Lipinski definition) is 2. The van der Waals surface area contributed by atoms with Crippen LogP contribution in [0.5, 0.6) is 0 Å². The Morgan fingerprint density at radius 2 is 0.812 bits per heavy atom. The zero-order valence-corrected chi connectivity index (χ0v) is 25.6. The van der Waals surface area contributed by atoms with Crippen LogP contribution in [0.2, 0.25) is 0 Å². The van der Waals surface area contributed by atoms with E-state index in [4.69, 9.17) is 0 Å². The zero-order valence-electron chi connectivity index (χ0n) is 25.6. The minimum absolute atomic E-state index is 0.367. The number of halogens is 12. The Kier molecular flexibility index (Phi) is 8.57. The molecule has 8 bridgehead atoms. The first-order valence-corrected chi connectivity index (χ1v) is 14.7. The van der Waals surface area contributed by atoms with E-state index < -0.39 is 103 Å². The van der Waals surface area contributed by atoms with E-state index in [2.05, 4.69) is 19.9 Å². The van der Waals surface area contributed by atoms with Crippen molar-refractivity contribution in [2.24, 2.45) is 0 Å². The summed E-state index contributed by atoms with van der Waals surface area (Å²) in [7, 11) is 0. The SMILES string of the molecule is CCC1=C(C(F)(F)F)c2nc1ccc1[nH]c(c3nc(ccc4[nH]c2c(C(F)(F)F)c4CC)C(CC)=C3C(F)(F)F)c(C(F)(F)F)c1CC. The molecule has 0 aliphatic carbocycles. The molecule has 2 aliphatic rings. The van der Waals surface area contributed by atoms with Gasteiger partial charge in [0.1, 0.15) is 11.4 Å². The zero-order chi connectivity index (χ0) is 35.7. The third-order valence-corrected chi connectivity index (χ3v) is 8.27. The molecule has 0 aromatic carbocycles. The number of hydrogen-bond acceptors (Lipinski definition) is 2. The maximum absolute atomic E-state index is 14.6. The average molecular weight is 695 g/mol. The van der Waals surface area contributed by atoms with Gasteiger partial charge in [-0.25, -0.2) is 9.97 Å². The summed E-state index contributed by atoms with van der Waals surface area (Å²) < 4.78 is 175. The molecule has 2 aliphatic heterocycles. The fraction of sp³-hybridized carbons (Fsp3) is 0.375. The predicted octanol–water partition coefficient (Wildman–Crippen LogP) is 11.2. The maximum atomic E-state index is 14.6. The summed E-state index contributed by atoms with van der Waals surface area (Å²) in [6.45, 7) is 5.22. The van der Waals surface area contributed by atoms with Gasteiger partial charge in [-0.15, -0.1) is 0 Å². The lowest BCUT2D eigenvalue weighted by molar-refractivity contribution is -0.137. The molecule has 3 aromatic heterocycles. The number of fused-ring (bicyclic) bond motifs is 10. The number of H-pyrrole nitrogens is 2. The lowest BCUT2D eigenvalue weighted by atomic mass is 9.99. The van der Waals surface area contributed by atoms with Crippen LogP contribution in [0.4, 0.5) is 52.7 Å². The van der Waals surface area contributed by atoms with Crippen molar-refractivity contribution in [3.05, 3.63) is 69.3 Å². The number of rotatable bonds is 4. The predicted molar refractivity (Wildman–Crippen MR) is 156 cm³/mol. The highest BCUT2D eigenvalue weighted by Gasteiger charge is 2.46. The minimum Gasteiger partial charge on any atom is -0.353 e. The normalized spacial score (nSPS) is 14.8. The quantitative estimate of drug-likeness (QED) is 0.267. The Balaban J connectivity index is 2.14. The van der Waals surface area contributed by atoms with Gasteiger partial charge in [0.2, 0.25) is 0 Å². The van der Waals surface area contributed by atoms with Gasteiger partial charge in [0.15, 0.2) is 0 Å². The number of allylic oxidation sites excluding steroid dienone is 4. The maximum Gasteiger partial charge on any atom is 0.418 e. The first-order valence-electron chi connectivity index (χ1n) is 14.7. The summed E-state index contributed by atoms with van der Waals surface area (Å²) in [5.41, 5.74) is -13.7. The third kappa shape index (κ3) is 5.76. The van der Waals surface area contributed by atoms with E-state index in [-0.39, 0.29) is 36.7 Å². The van der Waals surface area contributed by atoms with E-state index in [0.717, 1.165) is 24.3 Å². The molecule has 0 unspecified atom stereocenters. The van der Waals surface area contributed by atoms with Gasteiger partial charge >= 0.3 is 24.7 Å². The van der Waals surface area contributed by atoms with Gasteiger partial charge in [0.25, 0.3) is 0 Å². The molecule has 4 nitrogen and oxygen atoms in total. The summed E-state index contributed by atoms with van der Waals surface area (Å²) in [5.74, 6) is 0. The van der Waals surface area contributed by atoms with E-state index in [1.165, 1.54) is 27.7 Å². The number of nitrogens with zero attached hydrogens (tertiary/aromatic N) is 2. The third-order valence-electron chi connectivity index (χ3n) is 8.27. The molecule has 0 atom stereocenters. The summed E-state index contributed by atoms with van der Waals surface area (Å²) in [6.07, 6.45) is -22.3. The molecule has 258 valence electrons. The Labute approximate surface area is 264 Å². The topological polar surface area (TPSA) is 57.4 Å². The van der Waals surface area contributed by atoms with Crippen molar-refractivity contribution in [2.75, 3.05) is 0 Å². The second kappa shape index (κ2) is 11.7. The van der Waals surface area contributed by atoms with Crippen molar-refractivity contribution >= 4 is 44.4 Å². The van der Waals surface area contributed by atoms with Gasteiger partial charge in [0, 0.05) is 11.0 Å². The van der Waals surface area contributed by atoms with E-state index in [1.54, 1.807) is 0 Å². The van der Waals surface area contributed by atoms with Crippen molar-refractivity contribution in [1.82, 2.24) is 19.9 Å². The fourth-order valence-corrected chi connectivity index (χ4v) is 6.43. The number of alkyl halides is 12. The highest BCUT2D eigenvalue weighted by molar-refractivity contribution is 6.01. The Morgan fingerprint density at radius 1 is 0.479 bits per heavy atom. The van der Waals surface area contributed by atoms with E-state index in [9.17, 15) is 52.7 Å². The molecule has 48 heavy (non-hydrogen) atoms. The van der Waals surface area contributed by atoms with Crippen LogP contribution in [-0.2, 0) is 25.2 Å². The van der Waals surface area contributed by atoms with Crippen LogP contribution in [0, 0.1) is 0 Å². The molecule has 0 amide bonds. The summed E-state index contributed by atoms with van der Waals surface area (Å²) in [4.78, 5) is 12.7. The second-order valence-corrected chi connectivity index (χ2v) is 11.0. The van der Waals surface area contributed by atoms with Crippen LogP contribution in [0.1, 0.15) is 85.6 Å².